The molecule has 5 heteroatoms. The number of ether oxygens (including phenoxy) is 1. The van der Waals surface area contributed by atoms with Crippen molar-refractivity contribution in [2.24, 2.45) is 0 Å². The van der Waals surface area contributed by atoms with E-state index in [4.69, 9.17) is 7.80 Å². The monoisotopic (exact) mass is 488 g/mol. The van der Waals surface area contributed by atoms with Crippen molar-refractivity contribution in [3.05, 3.63) is 77.9 Å². The number of rotatable bonds is 4. The zero-order valence-corrected chi connectivity index (χ0v) is 18.1. The molecule has 3 aromatic rings. The molecule has 0 bridgehead atoms. The van der Waals surface area contributed by atoms with Crippen LogP contribution in [0.15, 0.2) is 66.7 Å². The van der Waals surface area contributed by atoms with Gasteiger partial charge in [0.1, 0.15) is 22.8 Å². The largest absolute Gasteiger partial charge is 0.508 e. The second-order valence-electron chi connectivity index (χ2n) is 7.47. The van der Waals surface area contributed by atoms with E-state index in [9.17, 15) is 9.90 Å². The second-order valence-corrected chi connectivity index (χ2v) is 7.91. The number of phenols is 1. The first-order chi connectivity index (χ1) is 13.3. The van der Waals surface area contributed by atoms with Crippen LogP contribution in [0.2, 0.25) is 0 Å². The Morgan fingerprint density at radius 1 is 0.929 bits per heavy atom. The smallest absolute Gasteiger partial charge is 0.351 e. The number of para-hydroxylation sites is 1. The van der Waals surface area contributed by atoms with Crippen LogP contribution in [0, 0.1) is 0 Å². The molecule has 0 aromatic heterocycles. The molecule has 0 fully saturated rings. The summed E-state index contributed by atoms with van der Waals surface area (Å²) < 4.78 is 11.0. The maximum absolute atomic E-state index is 12.3. The number of halogens is 1. The Kier molecular flexibility index (Phi) is 5.93. The lowest BCUT2D eigenvalue weighted by Crippen LogP contribution is -2.10. The third-order valence-corrected chi connectivity index (χ3v) is 4.82. The van der Waals surface area contributed by atoms with Crippen LogP contribution in [0.1, 0.15) is 36.7 Å². The summed E-state index contributed by atoms with van der Waals surface area (Å²) in [6.07, 6.45) is 0. The van der Waals surface area contributed by atoms with E-state index in [0.717, 1.165) is 11.1 Å². The van der Waals surface area contributed by atoms with Crippen LogP contribution >= 0.6 is 23.0 Å². The quantitative estimate of drug-likeness (QED) is 0.418. The van der Waals surface area contributed by atoms with E-state index in [1.54, 1.807) is 47.3 Å². The average molecular weight is 488 g/mol. The maximum Gasteiger partial charge on any atom is 0.351 e. The van der Waals surface area contributed by atoms with Crippen LogP contribution in [-0.2, 0) is 8.48 Å². The fraction of sp³-hybridized carbons (Fsp3) is 0.174. The Balaban J connectivity index is 2.09. The minimum Gasteiger partial charge on any atom is -0.508 e. The molecule has 0 spiro atoms. The summed E-state index contributed by atoms with van der Waals surface area (Å²) >= 11 is 1.57. The summed E-state index contributed by atoms with van der Waals surface area (Å²) in [4.78, 5) is 12.3. The molecule has 0 saturated carbocycles. The van der Waals surface area contributed by atoms with Crippen molar-refractivity contribution in [3.8, 4) is 28.4 Å². The van der Waals surface area contributed by atoms with Gasteiger partial charge in [0.15, 0.2) is 23.0 Å². The number of hydrogen-bond acceptors (Lipinski definition) is 4. The Labute approximate surface area is 178 Å². The molecule has 28 heavy (non-hydrogen) atoms. The van der Waals surface area contributed by atoms with Gasteiger partial charge < -0.3 is 12.9 Å². The first-order valence-corrected chi connectivity index (χ1v) is 9.71. The van der Waals surface area contributed by atoms with Crippen LogP contribution in [0.25, 0.3) is 11.1 Å². The molecule has 0 heterocycles. The third-order valence-electron chi connectivity index (χ3n) is 4.42. The number of aromatic hydroxyl groups is 1. The van der Waals surface area contributed by atoms with E-state index in [-0.39, 0.29) is 11.2 Å². The fourth-order valence-electron chi connectivity index (χ4n) is 2.86. The predicted octanol–water partition coefficient (Wildman–Crippen LogP) is 6.66. The van der Waals surface area contributed by atoms with Gasteiger partial charge in [-0.25, -0.2) is 4.79 Å². The zero-order chi connectivity index (χ0) is 20.3. The summed E-state index contributed by atoms with van der Waals surface area (Å²) in [5, 5.41) is 9.50. The van der Waals surface area contributed by atoms with Gasteiger partial charge in [-0.3, -0.25) is 0 Å². The molecule has 0 aliphatic rings. The van der Waals surface area contributed by atoms with Crippen molar-refractivity contribution in [1.82, 2.24) is 0 Å². The normalized spacial score (nSPS) is 11.1. The molecule has 4 nitrogen and oxygen atoms in total. The molecule has 3 rings (SSSR count). The van der Waals surface area contributed by atoms with Crippen molar-refractivity contribution < 1.29 is 17.7 Å². The first-order valence-electron chi connectivity index (χ1n) is 8.83. The van der Waals surface area contributed by atoms with Gasteiger partial charge in [-0.1, -0.05) is 57.2 Å². The number of carbonyl (C=O) groups excluding carboxylic acids is 1. The molecule has 0 aliphatic carbocycles. The van der Waals surface area contributed by atoms with Crippen LogP contribution in [0.3, 0.4) is 0 Å². The molecule has 3 aromatic carbocycles. The lowest BCUT2D eigenvalue weighted by Gasteiger charge is -2.20. The molecule has 0 radical (unpaired) electrons. The summed E-state index contributed by atoms with van der Waals surface area (Å²) in [5.41, 5.74) is 3.33. The van der Waals surface area contributed by atoms with Gasteiger partial charge in [-0.05, 0) is 46.9 Å². The highest BCUT2D eigenvalue weighted by Crippen LogP contribution is 2.38. The maximum atomic E-state index is 12.3. The summed E-state index contributed by atoms with van der Waals surface area (Å²) in [7, 11) is 0. The molecule has 0 aliphatic heterocycles. The number of benzene rings is 3. The summed E-state index contributed by atoms with van der Waals surface area (Å²) in [6.45, 7) is 6.50. The van der Waals surface area contributed by atoms with E-state index in [2.05, 4.69) is 32.9 Å². The zero-order valence-electron chi connectivity index (χ0n) is 15.9. The summed E-state index contributed by atoms with van der Waals surface area (Å²) in [5.74, 6) is 0.588. The second kappa shape index (κ2) is 8.22. The van der Waals surface area contributed by atoms with E-state index < -0.39 is 5.97 Å². The van der Waals surface area contributed by atoms with E-state index in [0.29, 0.717) is 17.1 Å². The lowest BCUT2D eigenvalue weighted by molar-refractivity contribution is 0.0797. The van der Waals surface area contributed by atoms with Crippen LogP contribution < -0.4 is 4.74 Å². The molecular weight excluding hydrogens is 467 g/mol. The molecule has 0 unspecified atom stereocenters. The summed E-state index contributed by atoms with van der Waals surface area (Å²) in [6, 6.07) is 20.0. The standard InChI is InChI=1S/C23H21IO4/c1-23(2,3)16-9-7-15(8-10-16)19-5-4-6-20(22(26)28-24)21(19)27-18-13-11-17(25)12-14-18/h4-14,25H,1-3H3. The Morgan fingerprint density at radius 2 is 1.57 bits per heavy atom. The van der Waals surface area contributed by atoms with Gasteiger partial charge in [-0.2, -0.15) is 0 Å². The molecule has 0 atom stereocenters. The van der Waals surface area contributed by atoms with Gasteiger partial charge >= 0.3 is 5.97 Å². The minimum atomic E-state index is -0.484. The first kappa shape index (κ1) is 20.2. The van der Waals surface area contributed by atoms with Gasteiger partial charge in [0.05, 0.1) is 0 Å². The topological polar surface area (TPSA) is 55.8 Å². The Bertz CT molecular complexity index is 971. The van der Waals surface area contributed by atoms with Gasteiger partial charge in [-0.15, -0.1) is 0 Å². The van der Waals surface area contributed by atoms with Gasteiger partial charge in [0.25, 0.3) is 0 Å². The van der Waals surface area contributed by atoms with Crippen molar-refractivity contribution >= 4 is 29.0 Å². The average Bonchev–Trinajstić information content (AvgIpc) is 2.68. The van der Waals surface area contributed by atoms with Crippen molar-refractivity contribution in [2.75, 3.05) is 0 Å². The van der Waals surface area contributed by atoms with Crippen molar-refractivity contribution in [3.63, 3.8) is 0 Å². The molecule has 0 saturated heterocycles. The SMILES string of the molecule is CC(C)(C)c1ccc(-c2cccc(C(=O)OI)c2Oc2ccc(O)cc2)cc1. The highest BCUT2D eigenvalue weighted by molar-refractivity contribution is 14.1. The highest BCUT2D eigenvalue weighted by Gasteiger charge is 2.20. The minimum absolute atomic E-state index is 0.0523. The van der Waals surface area contributed by atoms with E-state index in [1.165, 1.54) is 17.7 Å². The Morgan fingerprint density at radius 3 is 2.14 bits per heavy atom. The predicted molar refractivity (Wildman–Crippen MR) is 118 cm³/mol. The third kappa shape index (κ3) is 4.47. The van der Waals surface area contributed by atoms with Crippen LogP contribution in [0.5, 0.6) is 17.2 Å². The van der Waals surface area contributed by atoms with Gasteiger partial charge in [0, 0.05) is 5.56 Å². The lowest BCUT2D eigenvalue weighted by atomic mass is 9.86. The van der Waals surface area contributed by atoms with E-state index >= 15 is 0 Å². The number of carbonyl (C=O) groups is 1. The highest BCUT2D eigenvalue weighted by atomic mass is 127. The molecule has 0 amide bonds. The molecular formula is C23H21IO4. The van der Waals surface area contributed by atoms with Crippen LogP contribution in [0.4, 0.5) is 0 Å². The van der Waals surface area contributed by atoms with E-state index in [1.807, 2.05) is 18.2 Å². The van der Waals surface area contributed by atoms with Crippen molar-refractivity contribution in [2.45, 2.75) is 26.2 Å². The van der Waals surface area contributed by atoms with Crippen LogP contribution in [-0.4, -0.2) is 11.1 Å². The fourth-order valence-corrected chi connectivity index (χ4v) is 3.10. The number of phenolic OH excluding ortho intramolecular Hbond substituents is 1. The van der Waals surface area contributed by atoms with Crippen molar-refractivity contribution in [1.29, 1.82) is 0 Å². The molecule has 1 N–H and O–H groups in total. The van der Waals surface area contributed by atoms with Gasteiger partial charge in [0.2, 0.25) is 0 Å². The Hall–Kier alpha value is -2.54. The molecule has 144 valence electrons. The number of hydrogen-bond donors (Lipinski definition) is 1.